The normalized spacial score (nSPS) is 11.8. The molecular weight excluding hydrogens is 309 g/mol. The van der Waals surface area contributed by atoms with Crippen LogP contribution in [0, 0.1) is 5.82 Å². The minimum absolute atomic E-state index is 0.243. The maximum absolute atomic E-state index is 12.9. The summed E-state index contributed by atoms with van der Waals surface area (Å²) in [7, 11) is 0. The van der Waals surface area contributed by atoms with E-state index in [4.69, 9.17) is 4.52 Å². The van der Waals surface area contributed by atoms with Crippen LogP contribution in [0.25, 0.3) is 0 Å². The van der Waals surface area contributed by atoms with Gasteiger partial charge in [0.25, 0.3) is 0 Å². The fourth-order valence-electron chi connectivity index (χ4n) is 1.99. The SMILES string of the molecule is CCNC(=NCc1ccc(F)cc1)NCCc1nc(C(C)C)no1. The molecule has 0 aliphatic heterocycles. The first-order valence-corrected chi connectivity index (χ1v) is 8.17. The van der Waals surface area contributed by atoms with Crippen LogP contribution in [-0.2, 0) is 13.0 Å². The zero-order valence-corrected chi connectivity index (χ0v) is 14.3. The Morgan fingerprint density at radius 3 is 2.62 bits per heavy atom. The first-order chi connectivity index (χ1) is 11.6. The number of rotatable bonds is 7. The van der Waals surface area contributed by atoms with Crippen molar-refractivity contribution in [3.05, 3.63) is 47.4 Å². The molecule has 0 aliphatic rings. The van der Waals surface area contributed by atoms with Gasteiger partial charge < -0.3 is 15.2 Å². The third-order valence-corrected chi connectivity index (χ3v) is 3.31. The van der Waals surface area contributed by atoms with E-state index < -0.39 is 0 Å². The number of halogens is 1. The molecule has 1 aromatic carbocycles. The van der Waals surface area contributed by atoms with E-state index in [2.05, 4.69) is 25.8 Å². The van der Waals surface area contributed by atoms with Crippen molar-refractivity contribution in [2.45, 2.75) is 39.7 Å². The third-order valence-electron chi connectivity index (χ3n) is 3.31. The van der Waals surface area contributed by atoms with Gasteiger partial charge in [0.2, 0.25) is 5.89 Å². The summed E-state index contributed by atoms with van der Waals surface area (Å²) < 4.78 is 18.1. The molecule has 0 atom stereocenters. The van der Waals surface area contributed by atoms with Crippen LogP contribution in [0.3, 0.4) is 0 Å². The first kappa shape index (κ1) is 17.9. The summed E-state index contributed by atoms with van der Waals surface area (Å²) in [6.45, 7) is 7.93. The van der Waals surface area contributed by atoms with Gasteiger partial charge in [0.15, 0.2) is 11.8 Å². The third kappa shape index (κ3) is 5.64. The van der Waals surface area contributed by atoms with Gasteiger partial charge in [0, 0.05) is 25.4 Å². The Bertz CT molecular complexity index is 651. The predicted molar refractivity (Wildman–Crippen MR) is 91.3 cm³/mol. The molecule has 0 unspecified atom stereocenters. The molecule has 0 saturated carbocycles. The molecule has 7 heteroatoms. The Morgan fingerprint density at radius 2 is 2.00 bits per heavy atom. The van der Waals surface area contributed by atoms with E-state index in [0.717, 1.165) is 17.9 Å². The minimum Gasteiger partial charge on any atom is -0.357 e. The molecule has 1 aromatic heterocycles. The highest BCUT2D eigenvalue weighted by Gasteiger charge is 2.09. The van der Waals surface area contributed by atoms with Crippen LogP contribution in [0.1, 0.15) is 44.0 Å². The Morgan fingerprint density at radius 1 is 1.25 bits per heavy atom. The van der Waals surface area contributed by atoms with Crippen LogP contribution in [-0.4, -0.2) is 29.2 Å². The Balaban J connectivity index is 1.85. The van der Waals surface area contributed by atoms with E-state index in [1.807, 2.05) is 20.8 Å². The lowest BCUT2D eigenvalue weighted by Gasteiger charge is -2.10. The van der Waals surface area contributed by atoms with Crippen molar-refractivity contribution in [3.8, 4) is 0 Å². The molecule has 2 rings (SSSR count). The molecule has 0 fully saturated rings. The van der Waals surface area contributed by atoms with E-state index in [1.165, 1.54) is 12.1 Å². The van der Waals surface area contributed by atoms with Crippen molar-refractivity contribution in [3.63, 3.8) is 0 Å². The summed E-state index contributed by atoms with van der Waals surface area (Å²) in [5.74, 6) is 2.05. The molecule has 0 bridgehead atoms. The summed E-state index contributed by atoms with van der Waals surface area (Å²) >= 11 is 0. The average Bonchev–Trinajstić information content (AvgIpc) is 3.03. The lowest BCUT2D eigenvalue weighted by Crippen LogP contribution is -2.38. The van der Waals surface area contributed by atoms with E-state index >= 15 is 0 Å². The summed E-state index contributed by atoms with van der Waals surface area (Å²) in [4.78, 5) is 8.82. The van der Waals surface area contributed by atoms with Gasteiger partial charge in [0.05, 0.1) is 6.54 Å². The van der Waals surface area contributed by atoms with Crippen LogP contribution in [0.2, 0.25) is 0 Å². The van der Waals surface area contributed by atoms with Crippen molar-refractivity contribution in [1.29, 1.82) is 0 Å². The maximum Gasteiger partial charge on any atom is 0.228 e. The first-order valence-electron chi connectivity index (χ1n) is 8.17. The molecule has 130 valence electrons. The number of aromatic nitrogens is 2. The lowest BCUT2D eigenvalue weighted by molar-refractivity contribution is 0.371. The summed E-state index contributed by atoms with van der Waals surface area (Å²) in [5, 5.41) is 10.3. The zero-order chi connectivity index (χ0) is 17.4. The predicted octanol–water partition coefficient (Wildman–Crippen LogP) is 2.63. The smallest absolute Gasteiger partial charge is 0.228 e. The Labute approximate surface area is 141 Å². The summed E-state index contributed by atoms with van der Waals surface area (Å²) in [6.07, 6.45) is 0.626. The van der Waals surface area contributed by atoms with E-state index in [1.54, 1.807) is 12.1 Å². The van der Waals surface area contributed by atoms with Gasteiger partial charge >= 0.3 is 0 Å². The maximum atomic E-state index is 12.9. The second kappa shape index (κ2) is 9.00. The molecule has 2 aromatic rings. The van der Waals surface area contributed by atoms with Crippen molar-refractivity contribution in [1.82, 2.24) is 20.8 Å². The molecule has 0 spiro atoms. The van der Waals surface area contributed by atoms with Crippen molar-refractivity contribution < 1.29 is 8.91 Å². The molecule has 24 heavy (non-hydrogen) atoms. The van der Waals surface area contributed by atoms with Gasteiger partial charge in [-0.05, 0) is 24.6 Å². The van der Waals surface area contributed by atoms with Crippen LogP contribution in [0.15, 0.2) is 33.8 Å². The Hall–Kier alpha value is -2.44. The van der Waals surface area contributed by atoms with Gasteiger partial charge in [-0.25, -0.2) is 9.38 Å². The summed E-state index contributed by atoms with van der Waals surface area (Å²) in [6, 6.07) is 6.34. The number of nitrogens with one attached hydrogen (secondary N) is 2. The average molecular weight is 333 g/mol. The second-order valence-electron chi connectivity index (χ2n) is 5.70. The number of nitrogens with zero attached hydrogens (tertiary/aromatic N) is 3. The zero-order valence-electron chi connectivity index (χ0n) is 14.3. The lowest BCUT2D eigenvalue weighted by atomic mass is 10.2. The van der Waals surface area contributed by atoms with Crippen LogP contribution in [0.5, 0.6) is 0 Å². The highest BCUT2D eigenvalue weighted by atomic mass is 19.1. The Kier molecular flexibility index (Phi) is 6.72. The molecule has 2 N–H and O–H groups in total. The number of benzene rings is 1. The molecule has 0 amide bonds. The highest BCUT2D eigenvalue weighted by molar-refractivity contribution is 5.79. The van der Waals surface area contributed by atoms with Gasteiger partial charge in [-0.3, -0.25) is 0 Å². The molecule has 0 aliphatic carbocycles. The number of aliphatic imine (C=N–C) groups is 1. The molecule has 6 nitrogen and oxygen atoms in total. The number of guanidine groups is 1. The summed E-state index contributed by atoms with van der Waals surface area (Å²) in [5.41, 5.74) is 0.951. The molecule has 0 saturated heterocycles. The second-order valence-corrected chi connectivity index (χ2v) is 5.70. The van der Waals surface area contributed by atoms with Gasteiger partial charge in [-0.1, -0.05) is 31.1 Å². The topological polar surface area (TPSA) is 75.3 Å². The van der Waals surface area contributed by atoms with E-state index in [-0.39, 0.29) is 11.7 Å². The minimum atomic E-state index is -0.243. The fourth-order valence-corrected chi connectivity index (χ4v) is 1.99. The number of hydrogen-bond donors (Lipinski definition) is 2. The van der Waals surface area contributed by atoms with Crippen LogP contribution >= 0.6 is 0 Å². The molecule has 0 radical (unpaired) electrons. The van der Waals surface area contributed by atoms with Crippen molar-refractivity contribution in [2.24, 2.45) is 4.99 Å². The molecular formula is C17H24FN5O. The van der Waals surface area contributed by atoms with Crippen molar-refractivity contribution >= 4 is 5.96 Å². The number of hydrogen-bond acceptors (Lipinski definition) is 4. The van der Waals surface area contributed by atoms with Gasteiger partial charge in [-0.15, -0.1) is 0 Å². The van der Waals surface area contributed by atoms with E-state index in [0.29, 0.717) is 31.4 Å². The quantitative estimate of drug-likeness (QED) is 0.602. The van der Waals surface area contributed by atoms with Gasteiger partial charge in [-0.2, -0.15) is 4.98 Å². The highest BCUT2D eigenvalue weighted by Crippen LogP contribution is 2.09. The van der Waals surface area contributed by atoms with Gasteiger partial charge in [0.1, 0.15) is 5.82 Å². The monoisotopic (exact) mass is 333 g/mol. The fraction of sp³-hybridized carbons (Fsp3) is 0.471. The van der Waals surface area contributed by atoms with E-state index in [9.17, 15) is 4.39 Å². The van der Waals surface area contributed by atoms with Crippen LogP contribution < -0.4 is 10.6 Å². The van der Waals surface area contributed by atoms with Crippen molar-refractivity contribution in [2.75, 3.05) is 13.1 Å². The van der Waals surface area contributed by atoms with Crippen LogP contribution in [0.4, 0.5) is 4.39 Å². The molecule has 1 heterocycles. The standard InChI is InChI=1S/C17H24FN5O/c1-4-19-17(21-11-13-5-7-14(18)8-6-13)20-10-9-15-22-16(12(2)3)23-24-15/h5-8,12H,4,9-11H2,1-3H3,(H2,19,20,21). The largest absolute Gasteiger partial charge is 0.357 e.